The number of aromatic nitrogens is 1. The zero-order valence-electron chi connectivity index (χ0n) is 10.2. The molecule has 1 amide bonds. The molecule has 0 aliphatic carbocycles. The van der Waals surface area contributed by atoms with Gasteiger partial charge in [-0.2, -0.15) is 0 Å². The number of amides is 1. The van der Waals surface area contributed by atoms with E-state index in [0.717, 1.165) is 17.9 Å². The first-order valence-corrected chi connectivity index (χ1v) is 6.86. The Morgan fingerprint density at radius 2 is 2.42 bits per heavy atom. The molecule has 1 saturated heterocycles. The van der Waals surface area contributed by atoms with Crippen LogP contribution in [0.15, 0.2) is 36.0 Å². The van der Waals surface area contributed by atoms with Gasteiger partial charge in [0, 0.05) is 22.4 Å². The summed E-state index contributed by atoms with van der Waals surface area (Å²) in [7, 11) is 0. The molecular weight excluding hydrogens is 262 g/mol. The van der Waals surface area contributed by atoms with Crippen molar-refractivity contribution in [2.24, 2.45) is 0 Å². The summed E-state index contributed by atoms with van der Waals surface area (Å²) in [6.07, 6.45) is 1.57. The fraction of sp³-hybridized carbons (Fsp3) is 0.231. The summed E-state index contributed by atoms with van der Waals surface area (Å²) >= 11 is 1.61. The molecule has 5 nitrogen and oxygen atoms in total. The van der Waals surface area contributed by atoms with Crippen LogP contribution < -0.4 is 10.2 Å². The molecule has 0 spiro atoms. The fourth-order valence-corrected chi connectivity index (χ4v) is 2.46. The van der Waals surface area contributed by atoms with E-state index in [1.54, 1.807) is 16.2 Å². The Morgan fingerprint density at radius 1 is 1.47 bits per heavy atom. The maximum Gasteiger partial charge on any atom is 0.414 e. The van der Waals surface area contributed by atoms with E-state index < -0.39 is 0 Å². The first-order chi connectivity index (χ1) is 9.33. The average molecular weight is 275 g/mol. The molecule has 0 atom stereocenters. The second-order valence-electron chi connectivity index (χ2n) is 4.14. The van der Waals surface area contributed by atoms with E-state index in [2.05, 4.69) is 10.3 Å². The summed E-state index contributed by atoms with van der Waals surface area (Å²) in [6.45, 7) is 1.80. The molecule has 19 heavy (non-hydrogen) atoms. The molecule has 1 fully saturated rings. The van der Waals surface area contributed by atoms with Crippen molar-refractivity contribution in [3.63, 3.8) is 0 Å². The third kappa shape index (κ3) is 2.68. The van der Waals surface area contributed by atoms with Crippen molar-refractivity contribution < 1.29 is 9.53 Å². The minimum Gasteiger partial charge on any atom is -0.447 e. The normalized spacial score (nSPS) is 14.5. The van der Waals surface area contributed by atoms with Gasteiger partial charge in [0.05, 0.1) is 18.6 Å². The number of hydrogen-bond donors (Lipinski definition) is 1. The van der Waals surface area contributed by atoms with E-state index in [4.69, 9.17) is 4.74 Å². The number of anilines is 2. The Balaban J connectivity index is 1.71. The average Bonchev–Trinajstić information content (AvgIpc) is 3.08. The summed E-state index contributed by atoms with van der Waals surface area (Å²) in [4.78, 5) is 18.4. The quantitative estimate of drug-likeness (QED) is 0.932. The van der Waals surface area contributed by atoms with Crippen LogP contribution in [0.4, 0.5) is 16.2 Å². The van der Waals surface area contributed by atoms with Crippen LogP contribution in [0.5, 0.6) is 0 Å². The second kappa shape index (κ2) is 5.27. The summed E-state index contributed by atoms with van der Waals surface area (Å²) in [6, 6.07) is 7.76. The van der Waals surface area contributed by atoms with Gasteiger partial charge < -0.3 is 10.1 Å². The van der Waals surface area contributed by atoms with Crippen molar-refractivity contribution in [1.82, 2.24) is 4.98 Å². The molecule has 1 aromatic carbocycles. The molecule has 0 radical (unpaired) electrons. The van der Waals surface area contributed by atoms with E-state index in [1.807, 2.05) is 36.0 Å². The lowest BCUT2D eigenvalue weighted by Crippen LogP contribution is -2.23. The lowest BCUT2D eigenvalue weighted by molar-refractivity contribution is 0.181. The van der Waals surface area contributed by atoms with Gasteiger partial charge in [-0.3, -0.25) is 9.88 Å². The minimum atomic E-state index is -0.278. The summed E-state index contributed by atoms with van der Waals surface area (Å²) < 4.78 is 4.94. The third-order valence-corrected chi connectivity index (χ3v) is 3.65. The van der Waals surface area contributed by atoms with Crippen molar-refractivity contribution >= 4 is 28.8 Å². The van der Waals surface area contributed by atoms with Crippen LogP contribution in [0.2, 0.25) is 0 Å². The Morgan fingerprint density at radius 3 is 3.16 bits per heavy atom. The summed E-state index contributed by atoms with van der Waals surface area (Å²) in [5.74, 6) is 0. The Labute approximate surface area is 114 Å². The van der Waals surface area contributed by atoms with E-state index in [-0.39, 0.29) is 6.09 Å². The standard InChI is InChI=1S/C13H13N3O2S/c17-13-16(4-5-18-13)11-3-1-2-10(6-11)15-8-12-7-14-9-19-12/h1-3,6-7,9,15H,4-5,8H2. The smallest absolute Gasteiger partial charge is 0.414 e. The van der Waals surface area contributed by atoms with Gasteiger partial charge in [-0.15, -0.1) is 11.3 Å². The van der Waals surface area contributed by atoms with Crippen LogP contribution in [0.3, 0.4) is 0 Å². The Bertz CT molecular complexity index is 571. The number of thiazole rings is 1. The first kappa shape index (κ1) is 12.0. The zero-order chi connectivity index (χ0) is 13.1. The number of carbonyl (C=O) groups excluding carboxylic acids is 1. The first-order valence-electron chi connectivity index (χ1n) is 5.98. The van der Waals surface area contributed by atoms with Gasteiger partial charge in [0.1, 0.15) is 6.61 Å². The molecule has 98 valence electrons. The molecule has 0 saturated carbocycles. The number of nitrogens with zero attached hydrogens (tertiary/aromatic N) is 2. The number of nitrogens with one attached hydrogen (secondary N) is 1. The highest BCUT2D eigenvalue weighted by atomic mass is 32.1. The summed E-state index contributed by atoms with van der Waals surface area (Å²) in [5.41, 5.74) is 3.65. The highest BCUT2D eigenvalue weighted by molar-refractivity contribution is 7.09. The predicted octanol–water partition coefficient (Wildman–Crippen LogP) is 2.71. The largest absolute Gasteiger partial charge is 0.447 e. The molecule has 1 aromatic heterocycles. The van der Waals surface area contributed by atoms with Crippen LogP contribution >= 0.6 is 11.3 Å². The van der Waals surface area contributed by atoms with Gasteiger partial charge in [0.2, 0.25) is 0 Å². The van der Waals surface area contributed by atoms with E-state index >= 15 is 0 Å². The molecule has 2 aromatic rings. The van der Waals surface area contributed by atoms with Gasteiger partial charge in [0.25, 0.3) is 0 Å². The van der Waals surface area contributed by atoms with Crippen molar-refractivity contribution in [3.8, 4) is 0 Å². The Kier molecular flexibility index (Phi) is 3.33. The number of rotatable bonds is 4. The van der Waals surface area contributed by atoms with Crippen molar-refractivity contribution in [2.75, 3.05) is 23.4 Å². The van der Waals surface area contributed by atoms with Gasteiger partial charge in [-0.1, -0.05) is 6.07 Å². The number of benzene rings is 1. The van der Waals surface area contributed by atoms with Gasteiger partial charge in [0.15, 0.2) is 0 Å². The molecule has 3 rings (SSSR count). The van der Waals surface area contributed by atoms with E-state index in [9.17, 15) is 4.79 Å². The van der Waals surface area contributed by atoms with Crippen LogP contribution in [0, 0.1) is 0 Å². The van der Waals surface area contributed by atoms with Gasteiger partial charge in [-0.25, -0.2) is 4.79 Å². The molecule has 0 bridgehead atoms. The van der Waals surface area contributed by atoms with Crippen molar-refractivity contribution in [1.29, 1.82) is 0 Å². The Hall–Kier alpha value is -2.08. The molecule has 1 aliphatic rings. The fourth-order valence-electron chi connectivity index (χ4n) is 1.93. The molecule has 0 unspecified atom stereocenters. The number of ether oxygens (including phenoxy) is 1. The van der Waals surface area contributed by atoms with Crippen molar-refractivity contribution in [3.05, 3.63) is 40.8 Å². The lowest BCUT2D eigenvalue weighted by Gasteiger charge is -2.14. The molecule has 1 aliphatic heterocycles. The van der Waals surface area contributed by atoms with Gasteiger partial charge >= 0.3 is 6.09 Å². The topological polar surface area (TPSA) is 54.5 Å². The van der Waals surface area contributed by atoms with Crippen LogP contribution in [0.25, 0.3) is 0 Å². The molecule has 2 heterocycles. The monoisotopic (exact) mass is 275 g/mol. The van der Waals surface area contributed by atoms with Crippen molar-refractivity contribution in [2.45, 2.75) is 6.54 Å². The maximum atomic E-state index is 11.5. The summed E-state index contributed by atoms with van der Waals surface area (Å²) in [5, 5.41) is 3.32. The van der Waals surface area contributed by atoms with Crippen LogP contribution in [0.1, 0.15) is 4.88 Å². The number of cyclic esters (lactones) is 1. The zero-order valence-corrected chi connectivity index (χ0v) is 11.0. The van der Waals surface area contributed by atoms with Gasteiger partial charge in [-0.05, 0) is 18.2 Å². The van der Waals surface area contributed by atoms with E-state index in [0.29, 0.717) is 13.2 Å². The van der Waals surface area contributed by atoms with E-state index in [1.165, 1.54) is 4.88 Å². The predicted molar refractivity (Wildman–Crippen MR) is 74.6 cm³/mol. The molecule has 6 heteroatoms. The van der Waals surface area contributed by atoms with Crippen LogP contribution in [-0.4, -0.2) is 24.2 Å². The highest BCUT2D eigenvalue weighted by Gasteiger charge is 2.23. The number of carbonyl (C=O) groups is 1. The molecular formula is C13H13N3O2S. The minimum absolute atomic E-state index is 0.278. The maximum absolute atomic E-state index is 11.5. The molecule has 1 N–H and O–H groups in total. The second-order valence-corrected chi connectivity index (χ2v) is 5.11. The van der Waals surface area contributed by atoms with Crippen LogP contribution in [-0.2, 0) is 11.3 Å². The third-order valence-electron chi connectivity index (χ3n) is 2.87. The lowest BCUT2D eigenvalue weighted by atomic mass is 10.2. The highest BCUT2D eigenvalue weighted by Crippen LogP contribution is 2.23. The number of hydrogen-bond acceptors (Lipinski definition) is 5. The SMILES string of the molecule is O=C1OCCN1c1cccc(NCc2cncs2)c1.